The number of hydrogen-bond donors (Lipinski definition) is 0. The molecule has 2 saturated carbocycles. The zero-order valence-electron chi connectivity index (χ0n) is 23.0. The molecule has 2 aliphatic heterocycles. The Bertz CT molecular complexity index is 431. The standard InChI is InChI=1S/2C12H25NSi.2CH3.2ClH.Zr/c2*1-14(2,12-8-4-5-9-12)13-10-6-3-7-11-13;;;;;/h2*12H,3-11H2,1-2H3;2*1H3;2*1H;/q;;2*-1;;;+4/p-2. The van der Waals surface area contributed by atoms with Crippen LogP contribution in [0, 0.1) is 14.9 Å². The number of halogens is 2. The molecule has 33 heavy (non-hydrogen) atoms. The van der Waals surface area contributed by atoms with E-state index >= 15 is 0 Å². The van der Waals surface area contributed by atoms with Crippen LogP contribution < -0.4 is 0 Å². The maximum atomic E-state index is 4.93. The zero-order valence-corrected chi connectivity index (χ0v) is 29.0. The summed E-state index contributed by atoms with van der Waals surface area (Å²) in [6.45, 7) is 16.1. The Morgan fingerprint density at radius 2 is 0.758 bits per heavy atom. The summed E-state index contributed by atoms with van der Waals surface area (Å²) in [6, 6.07) is 0. The number of piperidine rings is 2. The molecule has 4 rings (SSSR count). The van der Waals surface area contributed by atoms with Gasteiger partial charge in [0.25, 0.3) is 0 Å². The van der Waals surface area contributed by atoms with Crippen molar-refractivity contribution in [3.05, 3.63) is 14.9 Å². The van der Waals surface area contributed by atoms with Crippen LogP contribution in [-0.4, -0.2) is 51.8 Å². The summed E-state index contributed by atoms with van der Waals surface area (Å²) in [4.78, 5) is 0. The second kappa shape index (κ2) is 18.1. The number of rotatable bonds is 4. The average molecular weight is 615 g/mol. The molecule has 0 bridgehead atoms. The number of nitrogens with zero attached hydrogens (tertiary/aromatic N) is 2. The molecule has 2 saturated heterocycles. The fourth-order valence-electron chi connectivity index (χ4n) is 6.72. The molecule has 0 radical (unpaired) electrons. The number of hydrogen-bond acceptors (Lipinski definition) is 2. The van der Waals surface area contributed by atoms with Crippen molar-refractivity contribution in [2.75, 3.05) is 26.2 Å². The van der Waals surface area contributed by atoms with Gasteiger partial charge in [-0.2, -0.15) is 0 Å². The van der Waals surface area contributed by atoms with Crippen LogP contribution >= 0.6 is 17.0 Å². The first-order valence-corrected chi connectivity index (χ1v) is 25.7. The Hall–Kier alpha value is 1.82. The Morgan fingerprint density at radius 3 is 1.00 bits per heavy atom. The van der Waals surface area contributed by atoms with Crippen molar-refractivity contribution >= 4 is 33.5 Å². The molecule has 4 aliphatic rings. The maximum absolute atomic E-state index is 4.93. The third kappa shape index (κ3) is 11.0. The minimum atomic E-state index is -1.04. The van der Waals surface area contributed by atoms with Crippen molar-refractivity contribution in [1.82, 2.24) is 9.13 Å². The van der Waals surface area contributed by atoms with E-state index in [4.69, 9.17) is 17.0 Å². The third-order valence-electron chi connectivity index (χ3n) is 9.05. The molecule has 0 aromatic heterocycles. The fourth-order valence-corrected chi connectivity index (χ4v) is 14.3. The minimum absolute atomic E-state index is 0. The van der Waals surface area contributed by atoms with Gasteiger partial charge in [0.15, 0.2) is 0 Å². The van der Waals surface area contributed by atoms with Crippen molar-refractivity contribution in [3.8, 4) is 0 Å². The van der Waals surface area contributed by atoms with E-state index in [2.05, 4.69) is 35.3 Å². The first-order valence-electron chi connectivity index (χ1n) is 13.3. The molecule has 0 N–H and O–H groups in total. The second-order valence-corrected chi connectivity index (χ2v) is 24.7. The van der Waals surface area contributed by atoms with E-state index in [1.807, 2.05) is 0 Å². The van der Waals surface area contributed by atoms with Gasteiger partial charge in [-0.25, -0.2) is 0 Å². The molecule has 0 spiro atoms. The zero-order chi connectivity index (χ0) is 22.7. The molecule has 7 heteroatoms. The molecule has 196 valence electrons. The van der Waals surface area contributed by atoms with Gasteiger partial charge in [-0.15, -0.1) is 0 Å². The van der Waals surface area contributed by atoms with Crippen LogP contribution in [0.4, 0.5) is 0 Å². The van der Waals surface area contributed by atoms with Gasteiger partial charge in [-0.1, -0.05) is 90.4 Å². The van der Waals surface area contributed by atoms with Gasteiger partial charge in [-0.3, -0.25) is 0 Å². The van der Waals surface area contributed by atoms with Gasteiger partial charge >= 0.3 is 37.9 Å². The van der Waals surface area contributed by atoms with Crippen molar-refractivity contribution in [2.24, 2.45) is 0 Å². The van der Waals surface area contributed by atoms with Crippen LogP contribution in [0.15, 0.2) is 0 Å². The normalized spacial score (nSPS) is 23.2. The van der Waals surface area contributed by atoms with Crippen molar-refractivity contribution < 1.29 is 20.8 Å². The quantitative estimate of drug-likeness (QED) is 0.230. The van der Waals surface area contributed by atoms with Crippen LogP contribution in [0.1, 0.15) is 89.9 Å². The van der Waals surface area contributed by atoms with Gasteiger partial charge in [0.2, 0.25) is 0 Å². The second-order valence-electron chi connectivity index (χ2n) is 11.4. The predicted molar refractivity (Wildman–Crippen MR) is 155 cm³/mol. The van der Waals surface area contributed by atoms with Gasteiger partial charge in [0.05, 0.1) is 0 Å². The molecule has 2 nitrogen and oxygen atoms in total. The van der Waals surface area contributed by atoms with Gasteiger partial charge < -0.3 is 24.0 Å². The first-order chi connectivity index (χ1) is 14.8. The molecule has 0 amide bonds. The van der Waals surface area contributed by atoms with Gasteiger partial charge in [0, 0.05) is 0 Å². The summed E-state index contributed by atoms with van der Waals surface area (Å²) < 4.78 is 5.79. The molecule has 4 fully saturated rings. The summed E-state index contributed by atoms with van der Waals surface area (Å²) in [5.41, 5.74) is 2.22. The van der Waals surface area contributed by atoms with Crippen molar-refractivity contribution in [2.45, 2.75) is 127 Å². The van der Waals surface area contributed by atoms with Crippen LogP contribution in [0.2, 0.25) is 37.3 Å². The molecular formula is C26H56Cl2N2Si2Zr. The molecule has 0 aromatic rings. The molecule has 0 unspecified atom stereocenters. The monoisotopic (exact) mass is 612 g/mol. The van der Waals surface area contributed by atoms with Crippen LogP contribution in [-0.2, 0) is 20.8 Å². The summed E-state index contributed by atoms with van der Waals surface area (Å²) in [5.74, 6) is 0. The van der Waals surface area contributed by atoms with Crippen LogP contribution in [0.3, 0.4) is 0 Å². The molecular weight excluding hydrogens is 559 g/mol. The van der Waals surface area contributed by atoms with Crippen LogP contribution in [0.25, 0.3) is 0 Å². The van der Waals surface area contributed by atoms with Crippen molar-refractivity contribution in [3.63, 3.8) is 0 Å². The Morgan fingerprint density at radius 1 is 0.515 bits per heavy atom. The summed E-state index contributed by atoms with van der Waals surface area (Å²) in [6.07, 6.45) is 21.0. The molecule has 0 atom stereocenters. The summed E-state index contributed by atoms with van der Waals surface area (Å²) in [7, 11) is 7.80. The fraction of sp³-hybridized carbons (Fsp3) is 0.923. The van der Waals surface area contributed by atoms with E-state index in [-0.39, 0.29) is 14.9 Å². The molecule has 2 aliphatic carbocycles. The van der Waals surface area contributed by atoms with Crippen LogP contribution in [0.5, 0.6) is 0 Å². The van der Waals surface area contributed by atoms with E-state index < -0.39 is 37.3 Å². The van der Waals surface area contributed by atoms with Crippen molar-refractivity contribution in [1.29, 1.82) is 0 Å². The van der Waals surface area contributed by atoms with E-state index in [0.29, 0.717) is 0 Å². The van der Waals surface area contributed by atoms with E-state index in [1.54, 1.807) is 0 Å². The first kappa shape index (κ1) is 34.8. The average Bonchev–Trinajstić information content (AvgIpc) is 3.51. The summed E-state index contributed by atoms with van der Waals surface area (Å²) >= 11 is -0.826. The Balaban J connectivity index is 0.000000527. The summed E-state index contributed by atoms with van der Waals surface area (Å²) in [5, 5.41) is 0. The van der Waals surface area contributed by atoms with E-state index in [0.717, 1.165) is 11.1 Å². The van der Waals surface area contributed by atoms with E-state index in [1.165, 1.54) is 116 Å². The predicted octanol–water partition coefficient (Wildman–Crippen LogP) is 9.52. The third-order valence-corrected chi connectivity index (χ3v) is 18.4. The van der Waals surface area contributed by atoms with Gasteiger partial charge in [0.1, 0.15) is 16.5 Å². The Kier molecular flexibility index (Phi) is 19.1. The topological polar surface area (TPSA) is 6.48 Å². The Labute approximate surface area is 230 Å². The SMILES string of the molecule is C[Si](C)(C1CCCC1)N1CCCCC1.C[Si](C)(C1CCCC1)N1CCCCC1.[CH3-].[CH3-].[Cl][Zr+2][Cl]. The molecule has 2 heterocycles. The molecule has 0 aromatic carbocycles. The van der Waals surface area contributed by atoms with Gasteiger partial charge in [-0.05, 0) is 62.9 Å². The van der Waals surface area contributed by atoms with E-state index in [9.17, 15) is 0 Å².